The molecule has 1 heterocycles. The normalized spacial score (nSPS) is 13.8. The Balaban J connectivity index is 1.60. The van der Waals surface area contributed by atoms with Crippen molar-refractivity contribution in [2.45, 2.75) is 38.6 Å². The third kappa shape index (κ3) is 4.71. The van der Waals surface area contributed by atoms with Gasteiger partial charge in [0.2, 0.25) is 0 Å². The molecule has 1 aromatic carbocycles. The van der Waals surface area contributed by atoms with Crippen LogP contribution in [0.2, 0.25) is 0 Å². The maximum atomic E-state index is 3.58. The highest BCUT2D eigenvalue weighted by atomic mass is 32.2. The average molecular weight is 292 g/mol. The van der Waals surface area contributed by atoms with Crippen LogP contribution < -0.4 is 10.2 Å². The molecule has 2 rings (SSSR count). The van der Waals surface area contributed by atoms with Crippen molar-refractivity contribution in [3.05, 3.63) is 29.3 Å². The molecule has 3 heteroatoms. The summed E-state index contributed by atoms with van der Waals surface area (Å²) >= 11 is 1.96. The predicted octanol–water partition coefficient (Wildman–Crippen LogP) is 3.69. The zero-order chi connectivity index (χ0) is 14.2. The molecule has 0 radical (unpaired) electrons. The molecule has 0 atom stereocenters. The zero-order valence-corrected chi connectivity index (χ0v) is 13.8. The first-order valence-corrected chi connectivity index (χ1v) is 9.23. The maximum Gasteiger partial charge on any atom is 0.0397 e. The van der Waals surface area contributed by atoms with Gasteiger partial charge in [-0.15, -0.1) is 0 Å². The number of nitrogens with one attached hydrogen (secondary N) is 1. The van der Waals surface area contributed by atoms with Gasteiger partial charge in [-0.3, -0.25) is 0 Å². The Bertz CT molecular complexity index is 406. The highest BCUT2D eigenvalue weighted by Crippen LogP contribution is 2.27. The molecule has 0 spiro atoms. The van der Waals surface area contributed by atoms with Crippen LogP contribution in [0.4, 0.5) is 5.69 Å². The first kappa shape index (κ1) is 15.7. The third-order valence-electron chi connectivity index (χ3n) is 4.05. The monoisotopic (exact) mass is 292 g/mol. The summed E-state index contributed by atoms with van der Waals surface area (Å²) in [5.74, 6) is 1.32. The number of rotatable bonds is 9. The van der Waals surface area contributed by atoms with Gasteiger partial charge in [-0.25, -0.2) is 0 Å². The Hall–Kier alpha value is -0.670. The van der Waals surface area contributed by atoms with Crippen molar-refractivity contribution in [2.75, 3.05) is 37.0 Å². The Morgan fingerprint density at radius 1 is 1.20 bits per heavy atom. The van der Waals surface area contributed by atoms with E-state index >= 15 is 0 Å². The number of hydrogen-bond donors (Lipinski definition) is 1. The van der Waals surface area contributed by atoms with Gasteiger partial charge in [-0.1, -0.05) is 25.0 Å². The number of thioether (sulfide) groups is 1. The molecule has 1 aliphatic rings. The first-order chi connectivity index (χ1) is 9.81. The van der Waals surface area contributed by atoms with E-state index in [0.29, 0.717) is 0 Å². The minimum Gasteiger partial charge on any atom is -0.374 e. The van der Waals surface area contributed by atoms with E-state index in [0.717, 1.165) is 13.1 Å². The van der Waals surface area contributed by atoms with Crippen molar-refractivity contribution in [1.82, 2.24) is 5.32 Å². The Morgan fingerprint density at radius 3 is 2.90 bits per heavy atom. The fourth-order valence-electron chi connectivity index (χ4n) is 2.81. The highest BCUT2D eigenvalue weighted by molar-refractivity contribution is 7.98. The van der Waals surface area contributed by atoms with Crippen LogP contribution in [0.3, 0.4) is 0 Å². The number of unbranched alkanes of at least 4 members (excludes halogenated alkanes) is 3. The molecule has 0 unspecified atom stereocenters. The summed E-state index contributed by atoms with van der Waals surface area (Å²) in [5.41, 5.74) is 4.37. The van der Waals surface area contributed by atoms with Gasteiger partial charge in [0.1, 0.15) is 0 Å². The highest BCUT2D eigenvalue weighted by Gasteiger charge is 2.15. The second-order valence-corrected chi connectivity index (χ2v) is 6.70. The molecule has 2 nitrogen and oxygen atoms in total. The summed E-state index contributed by atoms with van der Waals surface area (Å²) < 4.78 is 0. The van der Waals surface area contributed by atoms with Crippen LogP contribution in [-0.4, -0.2) is 32.1 Å². The molecule has 1 aliphatic heterocycles. The topological polar surface area (TPSA) is 15.3 Å². The van der Waals surface area contributed by atoms with Gasteiger partial charge >= 0.3 is 0 Å². The van der Waals surface area contributed by atoms with Crippen molar-refractivity contribution >= 4 is 17.4 Å². The second kappa shape index (κ2) is 8.58. The molecular formula is C17H28N2S. The lowest BCUT2D eigenvalue weighted by Gasteiger charge is -2.12. The van der Waals surface area contributed by atoms with E-state index in [9.17, 15) is 0 Å². The standard InChI is InChI=1S/C17H28N2S/c1-19-11-9-16-13-15(7-8-17(16)19)14-18-10-5-3-4-6-12-20-2/h7-8,13,18H,3-6,9-12,14H2,1-2H3. The van der Waals surface area contributed by atoms with Crippen LogP contribution in [0.5, 0.6) is 0 Å². The molecule has 0 bridgehead atoms. The first-order valence-electron chi connectivity index (χ1n) is 7.84. The third-order valence-corrected chi connectivity index (χ3v) is 4.75. The molecule has 0 aromatic heterocycles. The lowest BCUT2D eigenvalue weighted by atomic mass is 10.1. The summed E-state index contributed by atoms with van der Waals surface area (Å²) in [5, 5.41) is 3.58. The predicted molar refractivity (Wildman–Crippen MR) is 92.0 cm³/mol. The second-order valence-electron chi connectivity index (χ2n) is 5.72. The lowest BCUT2D eigenvalue weighted by molar-refractivity contribution is 0.599. The van der Waals surface area contributed by atoms with Crippen LogP contribution in [0.15, 0.2) is 18.2 Å². The van der Waals surface area contributed by atoms with Crippen LogP contribution in [0.25, 0.3) is 0 Å². The SMILES string of the molecule is CSCCCCCCNCc1ccc2c(c1)CCN2C. The average Bonchev–Trinajstić information content (AvgIpc) is 2.83. The molecule has 112 valence electrons. The van der Waals surface area contributed by atoms with E-state index in [2.05, 4.69) is 41.7 Å². The molecule has 20 heavy (non-hydrogen) atoms. The Kier molecular flexibility index (Phi) is 6.74. The Labute approximate surface area is 128 Å². The zero-order valence-electron chi connectivity index (χ0n) is 13.0. The largest absolute Gasteiger partial charge is 0.374 e. The van der Waals surface area contributed by atoms with Crippen LogP contribution in [0.1, 0.15) is 36.8 Å². The van der Waals surface area contributed by atoms with Gasteiger partial charge in [0.05, 0.1) is 0 Å². The Morgan fingerprint density at radius 2 is 2.05 bits per heavy atom. The number of anilines is 1. The number of likely N-dealkylation sites (N-methyl/N-ethyl adjacent to an activating group) is 1. The van der Waals surface area contributed by atoms with Crippen molar-refractivity contribution in [1.29, 1.82) is 0 Å². The molecule has 1 aromatic rings. The van der Waals surface area contributed by atoms with E-state index in [-0.39, 0.29) is 0 Å². The van der Waals surface area contributed by atoms with E-state index in [1.165, 1.54) is 61.2 Å². The van der Waals surface area contributed by atoms with Crippen molar-refractivity contribution in [3.63, 3.8) is 0 Å². The van der Waals surface area contributed by atoms with E-state index in [1.54, 1.807) is 0 Å². The quantitative estimate of drug-likeness (QED) is 0.699. The summed E-state index contributed by atoms with van der Waals surface area (Å²) in [6, 6.07) is 6.93. The molecule has 0 aliphatic carbocycles. The van der Waals surface area contributed by atoms with E-state index < -0.39 is 0 Å². The van der Waals surface area contributed by atoms with Crippen molar-refractivity contribution in [2.24, 2.45) is 0 Å². The van der Waals surface area contributed by atoms with Gasteiger partial charge in [0, 0.05) is 25.8 Å². The molecule has 1 N–H and O–H groups in total. The van der Waals surface area contributed by atoms with Gasteiger partial charge < -0.3 is 10.2 Å². The summed E-state index contributed by atoms with van der Waals surface area (Å²) in [4.78, 5) is 2.35. The number of hydrogen-bond acceptors (Lipinski definition) is 3. The van der Waals surface area contributed by atoms with Crippen molar-refractivity contribution in [3.8, 4) is 0 Å². The number of benzene rings is 1. The van der Waals surface area contributed by atoms with Gasteiger partial charge in [-0.2, -0.15) is 11.8 Å². The fraction of sp³-hybridized carbons (Fsp3) is 0.647. The number of nitrogens with zero attached hydrogens (tertiary/aromatic N) is 1. The van der Waals surface area contributed by atoms with Crippen molar-refractivity contribution < 1.29 is 0 Å². The lowest BCUT2D eigenvalue weighted by Crippen LogP contribution is -2.15. The van der Waals surface area contributed by atoms with Gasteiger partial charge in [0.25, 0.3) is 0 Å². The summed E-state index contributed by atoms with van der Waals surface area (Å²) in [6.45, 7) is 3.33. The molecule has 0 saturated carbocycles. The molecule has 0 fully saturated rings. The minimum atomic E-state index is 1.02. The smallest absolute Gasteiger partial charge is 0.0397 e. The number of fused-ring (bicyclic) bond motifs is 1. The van der Waals surface area contributed by atoms with Crippen LogP contribution in [0, 0.1) is 0 Å². The summed E-state index contributed by atoms with van der Waals surface area (Å²) in [6.07, 6.45) is 8.82. The maximum absolute atomic E-state index is 3.58. The fourth-order valence-corrected chi connectivity index (χ4v) is 3.31. The molecule has 0 saturated heterocycles. The van der Waals surface area contributed by atoms with Gasteiger partial charge in [0.15, 0.2) is 0 Å². The molecule has 0 amide bonds. The van der Waals surface area contributed by atoms with Gasteiger partial charge in [-0.05, 0) is 55.0 Å². The summed E-state index contributed by atoms with van der Waals surface area (Å²) in [7, 11) is 2.18. The van der Waals surface area contributed by atoms with E-state index in [4.69, 9.17) is 0 Å². The van der Waals surface area contributed by atoms with E-state index in [1.807, 2.05) is 11.8 Å². The minimum absolute atomic E-state index is 1.02. The van der Waals surface area contributed by atoms with Crippen LogP contribution in [-0.2, 0) is 13.0 Å². The van der Waals surface area contributed by atoms with Crippen LogP contribution >= 0.6 is 11.8 Å². The molecular weight excluding hydrogens is 264 g/mol.